The van der Waals surface area contributed by atoms with Crippen LogP contribution in [0, 0.1) is 18.3 Å². The summed E-state index contributed by atoms with van der Waals surface area (Å²) in [4.78, 5) is 25.4. The zero-order valence-electron chi connectivity index (χ0n) is 13.5. The Balaban J connectivity index is 2.19. The Morgan fingerprint density at radius 1 is 1.42 bits per heavy atom. The standard InChI is InChI=1S/C17H16N2O3S2/c1-10(2)22-17(21)15-11(3)13(9-18)16(24-15)19-14(20)7-6-12-5-4-8-23-12/h4-8,10H,1-3H3,(H,19,20). The maximum Gasteiger partial charge on any atom is 0.348 e. The molecule has 0 fully saturated rings. The molecule has 1 N–H and O–H groups in total. The number of nitriles is 1. The molecule has 24 heavy (non-hydrogen) atoms. The number of carbonyl (C=O) groups excluding carboxylic acids is 2. The summed E-state index contributed by atoms with van der Waals surface area (Å²) in [7, 11) is 0. The average molecular weight is 360 g/mol. The number of nitrogens with zero attached hydrogens (tertiary/aromatic N) is 1. The molecule has 1 amide bonds. The van der Waals surface area contributed by atoms with Gasteiger partial charge >= 0.3 is 5.97 Å². The first-order valence-corrected chi connectivity index (χ1v) is 8.89. The predicted octanol–water partition coefficient (Wildman–Crippen LogP) is 4.21. The molecule has 0 bridgehead atoms. The maximum absolute atomic E-state index is 12.1. The van der Waals surface area contributed by atoms with Crippen LogP contribution in [0.25, 0.3) is 6.08 Å². The summed E-state index contributed by atoms with van der Waals surface area (Å²) in [6, 6.07) is 5.82. The predicted molar refractivity (Wildman–Crippen MR) is 96.3 cm³/mol. The van der Waals surface area contributed by atoms with Gasteiger partial charge in [-0.1, -0.05) is 6.07 Å². The molecule has 2 heterocycles. The lowest BCUT2D eigenvalue weighted by molar-refractivity contribution is -0.111. The Bertz CT molecular complexity index is 812. The molecule has 0 aromatic carbocycles. The zero-order chi connectivity index (χ0) is 17.7. The summed E-state index contributed by atoms with van der Waals surface area (Å²) in [6.45, 7) is 5.18. The normalized spacial score (nSPS) is 10.8. The van der Waals surface area contributed by atoms with Crippen LogP contribution in [-0.2, 0) is 9.53 Å². The van der Waals surface area contributed by atoms with Crippen molar-refractivity contribution in [3.05, 3.63) is 44.5 Å². The highest BCUT2D eigenvalue weighted by atomic mass is 32.1. The van der Waals surface area contributed by atoms with Gasteiger partial charge in [-0.05, 0) is 43.9 Å². The summed E-state index contributed by atoms with van der Waals surface area (Å²) in [5, 5.41) is 14.2. The molecule has 0 saturated carbocycles. The van der Waals surface area contributed by atoms with E-state index < -0.39 is 5.97 Å². The van der Waals surface area contributed by atoms with Gasteiger partial charge < -0.3 is 10.1 Å². The van der Waals surface area contributed by atoms with Gasteiger partial charge in [0.1, 0.15) is 15.9 Å². The second-order valence-electron chi connectivity index (χ2n) is 5.16. The van der Waals surface area contributed by atoms with Crippen LogP contribution in [0.1, 0.15) is 39.5 Å². The Morgan fingerprint density at radius 2 is 2.17 bits per heavy atom. The molecular weight excluding hydrogens is 344 g/mol. The lowest BCUT2D eigenvalue weighted by Crippen LogP contribution is -2.11. The molecule has 2 rings (SSSR count). The van der Waals surface area contributed by atoms with Crippen molar-refractivity contribution in [2.24, 2.45) is 0 Å². The van der Waals surface area contributed by atoms with Gasteiger partial charge in [-0.2, -0.15) is 5.26 Å². The molecule has 124 valence electrons. The molecule has 0 radical (unpaired) electrons. The van der Waals surface area contributed by atoms with Gasteiger partial charge in [0.25, 0.3) is 0 Å². The minimum absolute atomic E-state index is 0.253. The van der Waals surface area contributed by atoms with E-state index in [-0.39, 0.29) is 17.6 Å². The number of hydrogen-bond acceptors (Lipinski definition) is 6. The van der Waals surface area contributed by atoms with E-state index in [1.807, 2.05) is 23.6 Å². The number of carbonyl (C=O) groups is 2. The van der Waals surface area contributed by atoms with Gasteiger partial charge in [-0.15, -0.1) is 22.7 Å². The highest BCUT2D eigenvalue weighted by Gasteiger charge is 2.22. The Hall–Kier alpha value is -2.43. The lowest BCUT2D eigenvalue weighted by Gasteiger charge is -2.06. The van der Waals surface area contributed by atoms with E-state index in [0.29, 0.717) is 15.4 Å². The molecule has 0 atom stereocenters. The van der Waals surface area contributed by atoms with Gasteiger partial charge in [-0.25, -0.2) is 4.79 Å². The molecule has 0 aliphatic heterocycles. The molecule has 7 heteroatoms. The van der Waals surface area contributed by atoms with Crippen molar-refractivity contribution in [1.29, 1.82) is 5.26 Å². The summed E-state index contributed by atoms with van der Waals surface area (Å²) in [5.74, 6) is -0.844. The highest BCUT2D eigenvalue weighted by Crippen LogP contribution is 2.33. The fourth-order valence-electron chi connectivity index (χ4n) is 1.90. The number of amides is 1. The highest BCUT2D eigenvalue weighted by molar-refractivity contribution is 7.18. The molecule has 0 saturated heterocycles. The van der Waals surface area contributed by atoms with Crippen molar-refractivity contribution in [3.8, 4) is 6.07 Å². The first-order chi connectivity index (χ1) is 11.4. The van der Waals surface area contributed by atoms with Crippen LogP contribution in [-0.4, -0.2) is 18.0 Å². The number of ether oxygens (including phenoxy) is 1. The summed E-state index contributed by atoms with van der Waals surface area (Å²) >= 11 is 2.57. The van der Waals surface area contributed by atoms with E-state index in [4.69, 9.17) is 4.74 Å². The first kappa shape index (κ1) is 17.9. The minimum atomic E-state index is -0.487. The Morgan fingerprint density at radius 3 is 2.75 bits per heavy atom. The first-order valence-electron chi connectivity index (χ1n) is 7.19. The van der Waals surface area contributed by atoms with Crippen molar-refractivity contribution in [3.63, 3.8) is 0 Å². The lowest BCUT2D eigenvalue weighted by atomic mass is 10.2. The molecule has 5 nitrogen and oxygen atoms in total. The SMILES string of the molecule is Cc1c(C(=O)OC(C)C)sc(NC(=O)C=Cc2cccs2)c1C#N. The van der Waals surface area contributed by atoms with Crippen molar-refractivity contribution in [2.45, 2.75) is 26.9 Å². The molecule has 0 unspecified atom stereocenters. The third kappa shape index (κ3) is 4.31. The van der Waals surface area contributed by atoms with Crippen LogP contribution in [0.4, 0.5) is 5.00 Å². The van der Waals surface area contributed by atoms with Crippen molar-refractivity contribution in [1.82, 2.24) is 0 Å². The van der Waals surface area contributed by atoms with E-state index in [2.05, 4.69) is 5.32 Å². The molecular formula is C17H16N2O3S2. The van der Waals surface area contributed by atoms with Crippen molar-refractivity contribution < 1.29 is 14.3 Å². The number of nitrogens with one attached hydrogen (secondary N) is 1. The van der Waals surface area contributed by atoms with Crippen LogP contribution in [0.2, 0.25) is 0 Å². The smallest absolute Gasteiger partial charge is 0.348 e. The molecule has 2 aromatic heterocycles. The maximum atomic E-state index is 12.1. The molecule has 0 aliphatic carbocycles. The van der Waals surface area contributed by atoms with E-state index in [9.17, 15) is 14.9 Å². The van der Waals surface area contributed by atoms with Crippen LogP contribution in [0.3, 0.4) is 0 Å². The zero-order valence-corrected chi connectivity index (χ0v) is 15.1. The fraction of sp³-hybridized carbons (Fsp3) is 0.235. The van der Waals surface area contributed by atoms with Crippen LogP contribution >= 0.6 is 22.7 Å². The number of anilines is 1. The second kappa shape index (κ2) is 7.90. The van der Waals surface area contributed by atoms with Crippen molar-refractivity contribution in [2.75, 3.05) is 5.32 Å². The van der Waals surface area contributed by atoms with E-state index >= 15 is 0 Å². The molecule has 0 spiro atoms. The molecule has 0 aliphatic rings. The van der Waals surface area contributed by atoms with Crippen LogP contribution < -0.4 is 5.32 Å². The summed E-state index contributed by atoms with van der Waals surface area (Å²) in [5.41, 5.74) is 0.805. The number of rotatable bonds is 5. The summed E-state index contributed by atoms with van der Waals surface area (Å²) < 4.78 is 5.17. The largest absolute Gasteiger partial charge is 0.459 e. The van der Waals surface area contributed by atoms with E-state index in [0.717, 1.165) is 16.2 Å². The quantitative estimate of drug-likeness (QED) is 0.640. The third-order valence-corrected chi connectivity index (χ3v) is 4.99. The monoisotopic (exact) mass is 360 g/mol. The summed E-state index contributed by atoms with van der Waals surface area (Å²) in [6.07, 6.45) is 2.84. The van der Waals surface area contributed by atoms with Gasteiger partial charge in [0.2, 0.25) is 5.91 Å². The van der Waals surface area contributed by atoms with Gasteiger partial charge in [0.15, 0.2) is 0 Å². The van der Waals surface area contributed by atoms with Crippen molar-refractivity contribution >= 4 is 45.6 Å². The Kier molecular flexibility index (Phi) is 5.90. The van der Waals surface area contributed by atoms with Gasteiger partial charge in [0, 0.05) is 11.0 Å². The van der Waals surface area contributed by atoms with Crippen LogP contribution in [0.15, 0.2) is 23.6 Å². The van der Waals surface area contributed by atoms with E-state index in [1.165, 1.54) is 17.4 Å². The van der Waals surface area contributed by atoms with Gasteiger partial charge in [0.05, 0.1) is 11.7 Å². The second-order valence-corrected chi connectivity index (χ2v) is 7.16. The average Bonchev–Trinajstić information content (AvgIpc) is 3.12. The van der Waals surface area contributed by atoms with Crippen LogP contribution in [0.5, 0.6) is 0 Å². The number of thiophene rings is 2. The number of esters is 1. The minimum Gasteiger partial charge on any atom is -0.459 e. The molecule has 2 aromatic rings. The van der Waals surface area contributed by atoms with E-state index in [1.54, 1.807) is 26.8 Å². The fourth-order valence-corrected chi connectivity index (χ4v) is 3.56. The Labute approximate surface area is 148 Å². The topological polar surface area (TPSA) is 79.2 Å². The third-order valence-electron chi connectivity index (χ3n) is 2.97. The van der Waals surface area contributed by atoms with Gasteiger partial charge in [-0.3, -0.25) is 4.79 Å². The number of hydrogen-bond donors (Lipinski definition) is 1.